The summed E-state index contributed by atoms with van der Waals surface area (Å²) in [5.74, 6) is -1.14. The summed E-state index contributed by atoms with van der Waals surface area (Å²) >= 11 is 0. The molecule has 1 aromatic carbocycles. The largest absolute Gasteiger partial charge is 0.457 e. The quantitative estimate of drug-likeness (QED) is 0.734. The molecule has 20 heavy (non-hydrogen) atoms. The average Bonchev–Trinajstić information content (AvgIpc) is 2.79. The van der Waals surface area contributed by atoms with Crippen molar-refractivity contribution in [2.75, 3.05) is 0 Å². The van der Waals surface area contributed by atoms with Gasteiger partial charge in [0, 0.05) is 6.07 Å². The minimum atomic E-state index is -5.21. The molecule has 1 heterocycles. The average molecular weight is 295 g/mol. The maximum Gasteiger partial charge on any atom is 0.420 e. The maximum atomic E-state index is 12.9. The monoisotopic (exact) mass is 295 g/mol. The van der Waals surface area contributed by atoms with Crippen LogP contribution in [0.25, 0.3) is 0 Å². The summed E-state index contributed by atoms with van der Waals surface area (Å²) in [5.41, 5.74) is -3.69. The van der Waals surface area contributed by atoms with Crippen molar-refractivity contribution >= 4 is 0 Å². The van der Waals surface area contributed by atoms with E-state index in [1.165, 1.54) is 0 Å². The second kappa shape index (κ2) is 4.77. The van der Waals surface area contributed by atoms with Gasteiger partial charge >= 0.3 is 12.4 Å². The summed E-state index contributed by atoms with van der Waals surface area (Å²) in [6.07, 6.45) is -7.29. The summed E-state index contributed by atoms with van der Waals surface area (Å²) in [6, 6.07) is 3.03. The van der Waals surface area contributed by atoms with E-state index in [0.717, 1.165) is 24.5 Å². The van der Waals surface area contributed by atoms with E-state index in [1.807, 2.05) is 0 Å². The van der Waals surface area contributed by atoms with Gasteiger partial charge in [-0.15, -0.1) is 0 Å². The van der Waals surface area contributed by atoms with Crippen LogP contribution >= 0.6 is 0 Å². The van der Waals surface area contributed by atoms with E-state index in [4.69, 9.17) is 4.74 Å². The zero-order chi connectivity index (χ0) is 15.0. The van der Waals surface area contributed by atoms with E-state index in [1.54, 1.807) is 0 Å². The number of ether oxygens (including phenoxy) is 1. The first kappa shape index (κ1) is 14.3. The summed E-state index contributed by atoms with van der Waals surface area (Å²) in [5, 5.41) is 0. The minimum Gasteiger partial charge on any atom is -0.457 e. The van der Waals surface area contributed by atoms with Crippen LogP contribution in [0, 0.1) is 6.26 Å². The van der Waals surface area contributed by atoms with Crippen LogP contribution in [0.1, 0.15) is 11.1 Å². The Hall–Kier alpha value is -2.12. The number of alkyl halides is 6. The summed E-state index contributed by atoms with van der Waals surface area (Å²) in [4.78, 5) is 0. The normalized spacial score (nSPS) is 12.5. The second-order valence-corrected chi connectivity index (χ2v) is 3.68. The Morgan fingerprint density at radius 3 is 2.20 bits per heavy atom. The zero-order valence-electron chi connectivity index (χ0n) is 9.47. The van der Waals surface area contributed by atoms with Gasteiger partial charge in [-0.1, -0.05) is 6.07 Å². The van der Waals surface area contributed by atoms with Gasteiger partial charge < -0.3 is 9.15 Å². The molecule has 0 aliphatic carbocycles. The van der Waals surface area contributed by atoms with Crippen LogP contribution in [-0.4, -0.2) is 0 Å². The fourth-order valence-electron chi connectivity index (χ4n) is 1.54. The number of hydrogen-bond donors (Lipinski definition) is 0. The first-order valence-electron chi connectivity index (χ1n) is 5.09. The lowest BCUT2D eigenvalue weighted by molar-refractivity contribution is -0.162. The highest BCUT2D eigenvalue weighted by Crippen LogP contribution is 2.45. The molecule has 8 heteroatoms. The fourth-order valence-corrected chi connectivity index (χ4v) is 1.54. The van der Waals surface area contributed by atoms with E-state index in [0.29, 0.717) is 6.07 Å². The molecule has 0 aliphatic heterocycles. The molecule has 0 saturated heterocycles. The number of halogens is 6. The smallest absolute Gasteiger partial charge is 0.420 e. The molecule has 0 bridgehead atoms. The van der Waals surface area contributed by atoms with E-state index < -0.39 is 29.2 Å². The number of benzene rings is 1. The highest BCUT2D eigenvalue weighted by atomic mass is 19.4. The van der Waals surface area contributed by atoms with E-state index in [-0.39, 0.29) is 5.75 Å². The van der Waals surface area contributed by atoms with E-state index in [9.17, 15) is 26.3 Å². The van der Waals surface area contributed by atoms with Gasteiger partial charge in [-0.05, 0) is 12.1 Å². The summed E-state index contributed by atoms with van der Waals surface area (Å²) in [7, 11) is 0. The van der Waals surface area contributed by atoms with Gasteiger partial charge in [-0.25, -0.2) is 0 Å². The van der Waals surface area contributed by atoms with Crippen molar-refractivity contribution in [3.05, 3.63) is 47.9 Å². The SMILES string of the molecule is FC(F)(F)c1cccc(Oc2c[c]oc2)c1C(F)(F)F. The third-order valence-electron chi connectivity index (χ3n) is 2.29. The van der Waals surface area contributed by atoms with Crippen molar-refractivity contribution in [3.8, 4) is 11.5 Å². The van der Waals surface area contributed by atoms with Crippen LogP contribution in [0.2, 0.25) is 0 Å². The molecule has 0 N–H and O–H groups in total. The molecule has 0 saturated carbocycles. The zero-order valence-corrected chi connectivity index (χ0v) is 9.47. The van der Waals surface area contributed by atoms with Crippen molar-refractivity contribution in [2.45, 2.75) is 12.4 Å². The van der Waals surface area contributed by atoms with Gasteiger partial charge in [-0.2, -0.15) is 26.3 Å². The molecule has 1 aromatic heterocycles. The van der Waals surface area contributed by atoms with Crippen molar-refractivity contribution in [1.29, 1.82) is 0 Å². The molecule has 2 rings (SSSR count). The van der Waals surface area contributed by atoms with Gasteiger partial charge in [0.2, 0.25) is 0 Å². The van der Waals surface area contributed by atoms with E-state index >= 15 is 0 Å². The van der Waals surface area contributed by atoms with Crippen LogP contribution in [0.3, 0.4) is 0 Å². The van der Waals surface area contributed by atoms with Crippen LogP contribution in [-0.2, 0) is 12.4 Å². The molecule has 2 aromatic rings. The maximum absolute atomic E-state index is 12.9. The lowest BCUT2D eigenvalue weighted by Crippen LogP contribution is -2.17. The highest BCUT2D eigenvalue weighted by Gasteiger charge is 2.45. The first-order chi connectivity index (χ1) is 9.19. The van der Waals surface area contributed by atoms with Gasteiger partial charge in [0.15, 0.2) is 12.0 Å². The number of hydrogen-bond acceptors (Lipinski definition) is 2. The highest BCUT2D eigenvalue weighted by molar-refractivity contribution is 5.45. The molecule has 0 atom stereocenters. The van der Waals surface area contributed by atoms with Crippen molar-refractivity contribution < 1.29 is 35.5 Å². The molecule has 0 amide bonds. The Kier molecular flexibility index (Phi) is 3.41. The third-order valence-corrected chi connectivity index (χ3v) is 2.29. The van der Waals surface area contributed by atoms with Gasteiger partial charge in [-0.3, -0.25) is 0 Å². The minimum absolute atomic E-state index is 0.185. The standard InChI is InChI=1S/C12H5F6O2/c13-11(14,15)8-2-1-3-9(10(8)12(16,17)18)20-7-4-5-19-6-7/h1-4,6H. The molecular weight excluding hydrogens is 290 g/mol. The molecular formula is C12H5F6O2. The van der Waals surface area contributed by atoms with Crippen LogP contribution in [0.15, 0.2) is 34.9 Å². The Morgan fingerprint density at radius 2 is 1.70 bits per heavy atom. The molecule has 0 unspecified atom stereocenters. The van der Waals surface area contributed by atoms with Gasteiger partial charge in [0.05, 0.1) is 5.56 Å². The number of furan rings is 1. The molecule has 107 valence electrons. The van der Waals surface area contributed by atoms with Crippen LogP contribution in [0.4, 0.5) is 26.3 Å². The third kappa shape index (κ3) is 2.89. The predicted octanol–water partition coefficient (Wildman–Crippen LogP) is 4.91. The lowest BCUT2D eigenvalue weighted by Gasteiger charge is -2.18. The Morgan fingerprint density at radius 1 is 1.00 bits per heavy atom. The summed E-state index contributed by atoms with van der Waals surface area (Å²) in [6.45, 7) is 0. The van der Waals surface area contributed by atoms with Gasteiger partial charge in [0.25, 0.3) is 0 Å². The van der Waals surface area contributed by atoms with Crippen LogP contribution < -0.4 is 4.74 Å². The van der Waals surface area contributed by atoms with Crippen molar-refractivity contribution in [1.82, 2.24) is 0 Å². The fraction of sp³-hybridized carbons (Fsp3) is 0.167. The molecule has 2 nitrogen and oxygen atoms in total. The number of rotatable bonds is 2. The Balaban J connectivity index is 2.57. The second-order valence-electron chi connectivity index (χ2n) is 3.68. The lowest BCUT2D eigenvalue weighted by atomic mass is 10.1. The van der Waals surface area contributed by atoms with Crippen molar-refractivity contribution in [2.24, 2.45) is 0 Å². The molecule has 1 radical (unpaired) electrons. The van der Waals surface area contributed by atoms with Crippen molar-refractivity contribution in [3.63, 3.8) is 0 Å². The Labute approximate surface area is 108 Å². The molecule has 0 aliphatic rings. The first-order valence-corrected chi connectivity index (χ1v) is 5.09. The summed E-state index contributed by atoms with van der Waals surface area (Å²) < 4.78 is 85.8. The topological polar surface area (TPSA) is 22.4 Å². The van der Waals surface area contributed by atoms with Gasteiger partial charge in [0.1, 0.15) is 17.6 Å². The molecule has 0 spiro atoms. The Bertz CT molecular complexity index is 583. The predicted molar refractivity (Wildman–Crippen MR) is 54.1 cm³/mol. The molecule has 0 fully saturated rings. The van der Waals surface area contributed by atoms with E-state index in [2.05, 4.69) is 10.7 Å². The van der Waals surface area contributed by atoms with Crippen LogP contribution in [0.5, 0.6) is 11.5 Å².